The molecular formula is C14H16N2O3S. The van der Waals surface area contributed by atoms with Crippen molar-refractivity contribution in [2.24, 2.45) is 0 Å². The predicted molar refractivity (Wildman–Crippen MR) is 76.9 cm³/mol. The van der Waals surface area contributed by atoms with Gasteiger partial charge in [0.2, 0.25) is 0 Å². The van der Waals surface area contributed by atoms with Crippen molar-refractivity contribution < 1.29 is 13.5 Å². The number of aromatic nitrogens is 1. The number of hydrogen-bond donors (Lipinski definition) is 2. The number of anilines is 1. The lowest BCUT2D eigenvalue weighted by Crippen LogP contribution is -2.15. The van der Waals surface area contributed by atoms with Crippen LogP contribution in [0.5, 0.6) is 0 Å². The van der Waals surface area contributed by atoms with Gasteiger partial charge in [0.05, 0.1) is 11.5 Å². The molecule has 0 spiro atoms. The Morgan fingerprint density at radius 2 is 1.95 bits per heavy atom. The molecule has 0 bridgehead atoms. The van der Waals surface area contributed by atoms with Gasteiger partial charge in [-0.25, -0.2) is 13.4 Å². The summed E-state index contributed by atoms with van der Waals surface area (Å²) < 4.78 is 27.0. The zero-order valence-corrected chi connectivity index (χ0v) is 12.1. The third-order valence-electron chi connectivity index (χ3n) is 3.08. The molecule has 0 radical (unpaired) electrons. The molecule has 0 aliphatic rings. The van der Waals surface area contributed by atoms with E-state index in [1.54, 1.807) is 30.3 Å². The maximum atomic E-state index is 12.3. The van der Waals surface area contributed by atoms with E-state index in [2.05, 4.69) is 9.71 Å². The first-order valence-corrected chi connectivity index (χ1v) is 7.57. The van der Waals surface area contributed by atoms with E-state index < -0.39 is 10.0 Å². The van der Waals surface area contributed by atoms with E-state index in [0.717, 1.165) is 11.1 Å². The van der Waals surface area contributed by atoms with Crippen LogP contribution in [0, 0.1) is 13.8 Å². The second-order valence-corrected chi connectivity index (χ2v) is 6.20. The Hall–Kier alpha value is -1.92. The van der Waals surface area contributed by atoms with E-state index in [0.29, 0.717) is 5.56 Å². The molecule has 0 fully saturated rings. The first-order valence-electron chi connectivity index (χ1n) is 6.09. The molecule has 106 valence electrons. The van der Waals surface area contributed by atoms with E-state index in [1.165, 1.54) is 6.20 Å². The van der Waals surface area contributed by atoms with Crippen molar-refractivity contribution in [3.8, 4) is 0 Å². The first-order chi connectivity index (χ1) is 9.44. The number of benzene rings is 1. The number of aryl methyl sites for hydroxylation is 2. The molecule has 1 heterocycles. The largest absolute Gasteiger partial charge is 0.392 e. The molecule has 2 rings (SSSR count). The van der Waals surface area contributed by atoms with Crippen LogP contribution in [0.25, 0.3) is 0 Å². The highest BCUT2D eigenvalue weighted by Gasteiger charge is 2.17. The molecule has 0 amide bonds. The molecule has 0 atom stereocenters. The Bertz CT molecular complexity index is 727. The van der Waals surface area contributed by atoms with Gasteiger partial charge in [-0.1, -0.05) is 12.1 Å². The van der Waals surface area contributed by atoms with Crippen molar-refractivity contribution >= 4 is 15.8 Å². The highest BCUT2D eigenvalue weighted by atomic mass is 32.2. The SMILES string of the molecule is Cc1ccc(S(=O)(=O)Nc2ncccc2CO)cc1C. The van der Waals surface area contributed by atoms with Gasteiger partial charge in [-0.2, -0.15) is 0 Å². The van der Waals surface area contributed by atoms with Crippen LogP contribution in [-0.2, 0) is 16.6 Å². The second-order valence-electron chi connectivity index (χ2n) is 4.52. The van der Waals surface area contributed by atoms with Gasteiger partial charge < -0.3 is 5.11 Å². The minimum Gasteiger partial charge on any atom is -0.392 e. The van der Waals surface area contributed by atoms with Gasteiger partial charge in [-0.15, -0.1) is 0 Å². The molecule has 1 aromatic carbocycles. The van der Waals surface area contributed by atoms with E-state index in [-0.39, 0.29) is 17.3 Å². The van der Waals surface area contributed by atoms with Gasteiger partial charge >= 0.3 is 0 Å². The van der Waals surface area contributed by atoms with E-state index in [4.69, 9.17) is 0 Å². The third kappa shape index (κ3) is 2.97. The molecule has 6 heteroatoms. The van der Waals surface area contributed by atoms with Crippen molar-refractivity contribution in [1.82, 2.24) is 4.98 Å². The van der Waals surface area contributed by atoms with Crippen LogP contribution in [0.15, 0.2) is 41.4 Å². The summed E-state index contributed by atoms with van der Waals surface area (Å²) in [6.45, 7) is 3.49. The number of hydrogen-bond acceptors (Lipinski definition) is 4. The highest BCUT2D eigenvalue weighted by Crippen LogP contribution is 2.19. The number of pyridine rings is 1. The average molecular weight is 292 g/mol. The van der Waals surface area contributed by atoms with Crippen molar-refractivity contribution in [1.29, 1.82) is 0 Å². The molecule has 0 aliphatic carbocycles. The zero-order chi connectivity index (χ0) is 14.8. The maximum absolute atomic E-state index is 12.3. The van der Waals surface area contributed by atoms with Gasteiger partial charge in [0.1, 0.15) is 5.82 Å². The Balaban J connectivity index is 2.38. The standard InChI is InChI=1S/C14H16N2O3S/c1-10-5-6-13(8-11(10)2)20(18,19)16-14-12(9-17)4-3-7-15-14/h3-8,17H,9H2,1-2H3,(H,15,16). The lowest BCUT2D eigenvalue weighted by Gasteiger charge is -2.11. The summed E-state index contributed by atoms with van der Waals surface area (Å²) in [5.74, 6) is 0.147. The van der Waals surface area contributed by atoms with Crippen LogP contribution in [0.3, 0.4) is 0 Å². The summed E-state index contributed by atoms with van der Waals surface area (Å²) in [6, 6.07) is 8.17. The molecule has 2 aromatic rings. The minimum absolute atomic E-state index is 0.147. The van der Waals surface area contributed by atoms with Crippen LogP contribution in [-0.4, -0.2) is 18.5 Å². The summed E-state index contributed by atoms with van der Waals surface area (Å²) in [4.78, 5) is 4.13. The lowest BCUT2D eigenvalue weighted by atomic mass is 10.1. The Morgan fingerprint density at radius 1 is 1.20 bits per heavy atom. The molecule has 0 saturated carbocycles. The molecule has 0 aliphatic heterocycles. The van der Waals surface area contributed by atoms with E-state index >= 15 is 0 Å². The fraction of sp³-hybridized carbons (Fsp3) is 0.214. The number of rotatable bonds is 4. The summed E-state index contributed by atoms with van der Waals surface area (Å²) in [5.41, 5.74) is 2.36. The van der Waals surface area contributed by atoms with Crippen LogP contribution < -0.4 is 4.72 Å². The number of nitrogens with one attached hydrogen (secondary N) is 1. The molecule has 5 nitrogen and oxygen atoms in total. The molecular weight excluding hydrogens is 276 g/mol. The van der Waals surface area contributed by atoms with Crippen LogP contribution in [0.1, 0.15) is 16.7 Å². The molecule has 0 saturated heterocycles. The van der Waals surface area contributed by atoms with Crippen molar-refractivity contribution in [3.63, 3.8) is 0 Å². The third-order valence-corrected chi connectivity index (χ3v) is 4.42. The van der Waals surface area contributed by atoms with Gasteiger partial charge in [0.25, 0.3) is 10.0 Å². The fourth-order valence-electron chi connectivity index (χ4n) is 1.73. The van der Waals surface area contributed by atoms with Crippen molar-refractivity contribution in [2.75, 3.05) is 4.72 Å². The molecule has 0 unspecified atom stereocenters. The van der Waals surface area contributed by atoms with Gasteiger partial charge in [0.15, 0.2) is 0 Å². The first kappa shape index (κ1) is 14.5. The summed E-state index contributed by atoms with van der Waals surface area (Å²) in [7, 11) is -3.71. The van der Waals surface area contributed by atoms with Crippen LogP contribution >= 0.6 is 0 Å². The molecule has 1 aromatic heterocycles. The van der Waals surface area contributed by atoms with E-state index in [9.17, 15) is 13.5 Å². The van der Waals surface area contributed by atoms with Gasteiger partial charge in [-0.05, 0) is 43.2 Å². The van der Waals surface area contributed by atoms with E-state index in [1.807, 2.05) is 13.8 Å². The van der Waals surface area contributed by atoms with Gasteiger partial charge in [0, 0.05) is 11.8 Å². The zero-order valence-electron chi connectivity index (χ0n) is 11.3. The predicted octanol–water partition coefficient (Wildman–Crippen LogP) is 1.99. The normalized spacial score (nSPS) is 11.3. The number of nitrogens with zero attached hydrogens (tertiary/aromatic N) is 1. The molecule has 20 heavy (non-hydrogen) atoms. The number of aliphatic hydroxyl groups is 1. The highest BCUT2D eigenvalue weighted by molar-refractivity contribution is 7.92. The Kier molecular flexibility index (Phi) is 4.06. The van der Waals surface area contributed by atoms with Crippen molar-refractivity contribution in [2.45, 2.75) is 25.3 Å². The Labute approximate surface area is 118 Å². The number of sulfonamides is 1. The van der Waals surface area contributed by atoms with Crippen LogP contribution in [0.4, 0.5) is 5.82 Å². The van der Waals surface area contributed by atoms with Gasteiger partial charge in [-0.3, -0.25) is 4.72 Å². The average Bonchev–Trinajstić information content (AvgIpc) is 2.42. The summed E-state index contributed by atoms with van der Waals surface area (Å²) >= 11 is 0. The Morgan fingerprint density at radius 3 is 2.60 bits per heavy atom. The topological polar surface area (TPSA) is 79.3 Å². The number of aliphatic hydroxyl groups excluding tert-OH is 1. The monoisotopic (exact) mass is 292 g/mol. The fourth-order valence-corrected chi connectivity index (χ4v) is 2.86. The quantitative estimate of drug-likeness (QED) is 0.903. The summed E-state index contributed by atoms with van der Waals surface area (Å²) in [6.07, 6.45) is 1.47. The maximum Gasteiger partial charge on any atom is 0.263 e. The van der Waals surface area contributed by atoms with Crippen LogP contribution in [0.2, 0.25) is 0 Å². The second kappa shape index (κ2) is 5.60. The minimum atomic E-state index is -3.71. The smallest absolute Gasteiger partial charge is 0.263 e. The summed E-state index contributed by atoms with van der Waals surface area (Å²) in [5, 5.41) is 9.19. The van der Waals surface area contributed by atoms with Crippen molar-refractivity contribution in [3.05, 3.63) is 53.2 Å². The lowest BCUT2D eigenvalue weighted by molar-refractivity contribution is 0.282. The molecule has 2 N–H and O–H groups in total.